The average molecular weight is 243 g/mol. The highest BCUT2D eigenvalue weighted by molar-refractivity contribution is 6.42. The van der Waals surface area contributed by atoms with Gasteiger partial charge >= 0.3 is 5.97 Å². The number of ketones is 1. The average Bonchev–Trinajstić information content (AvgIpc) is 2.24. The van der Waals surface area contributed by atoms with E-state index >= 15 is 0 Å². The molecule has 0 saturated heterocycles. The van der Waals surface area contributed by atoms with Gasteiger partial charge in [0.15, 0.2) is 0 Å². The minimum Gasteiger partial charge on any atom is -0.506 e. The van der Waals surface area contributed by atoms with E-state index in [1.165, 1.54) is 6.07 Å². The predicted molar refractivity (Wildman–Crippen MR) is 58.8 cm³/mol. The lowest BCUT2D eigenvalue weighted by Crippen LogP contribution is -2.18. The van der Waals surface area contributed by atoms with Crippen LogP contribution >= 0.6 is 11.6 Å². The van der Waals surface area contributed by atoms with Crippen LogP contribution in [-0.4, -0.2) is 23.5 Å². The van der Waals surface area contributed by atoms with Gasteiger partial charge in [0.1, 0.15) is 5.75 Å². The molecule has 0 radical (unpaired) electrons. The van der Waals surface area contributed by atoms with Crippen molar-refractivity contribution >= 4 is 23.4 Å². The summed E-state index contributed by atoms with van der Waals surface area (Å²) in [5, 5.41) is 9.63. The first-order chi connectivity index (χ1) is 7.49. The molecule has 5 heteroatoms. The number of hydrogen-bond acceptors (Lipinski definition) is 4. The quantitative estimate of drug-likeness (QED) is 0.501. The van der Waals surface area contributed by atoms with Crippen LogP contribution in [0.5, 0.6) is 5.75 Å². The van der Waals surface area contributed by atoms with E-state index < -0.39 is 11.8 Å². The van der Waals surface area contributed by atoms with E-state index in [0.717, 1.165) is 0 Å². The van der Waals surface area contributed by atoms with Gasteiger partial charge in [0.2, 0.25) is 0 Å². The lowest BCUT2D eigenvalue weighted by Gasteiger charge is -2.07. The van der Waals surface area contributed by atoms with Gasteiger partial charge in [-0.1, -0.05) is 17.7 Å². The fourth-order valence-electron chi connectivity index (χ4n) is 1.25. The van der Waals surface area contributed by atoms with Crippen molar-refractivity contribution in [1.29, 1.82) is 0 Å². The van der Waals surface area contributed by atoms with Gasteiger partial charge in [-0.25, -0.2) is 4.79 Å². The number of aryl methyl sites for hydroxylation is 1. The van der Waals surface area contributed by atoms with Crippen molar-refractivity contribution in [1.82, 2.24) is 0 Å². The molecule has 0 spiro atoms. The largest absolute Gasteiger partial charge is 0.506 e. The Bertz CT molecular complexity index is 440. The molecule has 0 atom stereocenters. The summed E-state index contributed by atoms with van der Waals surface area (Å²) in [5.74, 6) is -2.28. The zero-order chi connectivity index (χ0) is 12.3. The van der Waals surface area contributed by atoms with Gasteiger partial charge in [0, 0.05) is 0 Å². The summed E-state index contributed by atoms with van der Waals surface area (Å²) in [4.78, 5) is 22.9. The van der Waals surface area contributed by atoms with E-state index in [9.17, 15) is 14.7 Å². The maximum Gasteiger partial charge on any atom is 0.379 e. The summed E-state index contributed by atoms with van der Waals surface area (Å²) in [7, 11) is 0. The third-order valence-electron chi connectivity index (χ3n) is 2.02. The normalized spacial score (nSPS) is 9.94. The molecule has 1 aromatic rings. The maximum absolute atomic E-state index is 11.6. The number of esters is 1. The van der Waals surface area contributed by atoms with Gasteiger partial charge in [-0.2, -0.15) is 0 Å². The van der Waals surface area contributed by atoms with E-state index in [1.54, 1.807) is 19.9 Å². The lowest BCUT2D eigenvalue weighted by atomic mass is 10.0. The minimum atomic E-state index is -0.997. The van der Waals surface area contributed by atoms with Crippen LogP contribution in [0.3, 0.4) is 0 Å². The Labute approximate surface area is 97.8 Å². The standard InChI is InChI=1S/C11H11ClO4/c1-3-16-11(15)10(14)8-6(2)4-5-7(12)9(8)13/h4-5,13H,3H2,1-2H3. The number of rotatable bonds is 3. The van der Waals surface area contributed by atoms with E-state index in [4.69, 9.17) is 11.6 Å². The molecule has 0 amide bonds. The van der Waals surface area contributed by atoms with Gasteiger partial charge in [-0.15, -0.1) is 0 Å². The Morgan fingerprint density at radius 1 is 1.44 bits per heavy atom. The molecule has 0 aliphatic heterocycles. The third-order valence-corrected chi connectivity index (χ3v) is 2.33. The van der Waals surface area contributed by atoms with Gasteiger partial charge in [-0.3, -0.25) is 4.79 Å². The van der Waals surface area contributed by atoms with Crippen LogP contribution in [0.25, 0.3) is 0 Å². The van der Waals surface area contributed by atoms with Gasteiger partial charge in [-0.05, 0) is 25.5 Å². The maximum atomic E-state index is 11.6. The van der Waals surface area contributed by atoms with Gasteiger partial charge in [0.25, 0.3) is 5.78 Å². The van der Waals surface area contributed by atoms with Crippen molar-refractivity contribution in [2.24, 2.45) is 0 Å². The van der Waals surface area contributed by atoms with Crippen molar-refractivity contribution in [3.63, 3.8) is 0 Å². The van der Waals surface area contributed by atoms with Crippen LogP contribution in [0.1, 0.15) is 22.8 Å². The topological polar surface area (TPSA) is 63.6 Å². The Balaban J connectivity index is 3.18. The summed E-state index contributed by atoms with van der Waals surface area (Å²) in [6.45, 7) is 3.29. The molecule has 1 N–H and O–H groups in total. The highest BCUT2D eigenvalue weighted by Gasteiger charge is 2.24. The smallest absolute Gasteiger partial charge is 0.379 e. The molecular formula is C11H11ClO4. The molecule has 16 heavy (non-hydrogen) atoms. The number of halogens is 1. The van der Waals surface area contributed by atoms with E-state index in [2.05, 4.69) is 4.74 Å². The number of carbonyl (C=O) groups is 2. The summed E-state index contributed by atoms with van der Waals surface area (Å²) in [6, 6.07) is 3.00. The number of benzene rings is 1. The van der Waals surface area contributed by atoms with Crippen LogP contribution in [-0.2, 0) is 9.53 Å². The molecule has 1 aromatic carbocycles. The fraction of sp³-hybridized carbons (Fsp3) is 0.273. The predicted octanol–water partition coefficient (Wildman–Crippen LogP) is 2.10. The van der Waals surface area contributed by atoms with Crippen LogP contribution in [0.2, 0.25) is 5.02 Å². The Morgan fingerprint density at radius 3 is 2.62 bits per heavy atom. The molecule has 1 rings (SSSR count). The summed E-state index contributed by atoms with van der Waals surface area (Å²) in [5.41, 5.74) is 0.367. The van der Waals surface area contributed by atoms with Crippen molar-refractivity contribution in [3.05, 3.63) is 28.3 Å². The minimum absolute atomic E-state index is 0.0262. The molecule has 0 saturated carbocycles. The number of aromatic hydroxyl groups is 1. The van der Waals surface area contributed by atoms with Gasteiger partial charge < -0.3 is 9.84 Å². The summed E-state index contributed by atoms with van der Waals surface area (Å²) < 4.78 is 4.57. The number of hydrogen-bond donors (Lipinski definition) is 1. The zero-order valence-electron chi connectivity index (χ0n) is 8.91. The monoisotopic (exact) mass is 242 g/mol. The molecule has 86 valence electrons. The summed E-state index contributed by atoms with van der Waals surface area (Å²) >= 11 is 5.66. The Kier molecular flexibility index (Phi) is 3.90. The fourth-order valence-corrected chi connectivity index (χ4v) is 1.41. The molecule has 0 aromatic heterocycles. The van der Waals surface area contributed by atoms with Crippen molar-refractivity contribution in [2.45, 2.75) is 13.8 Å². The third kappa shape index (κ3) is 2.33. The van der Waals surface area contributed by atoms with E-state index in [-0.39, 0.29) is 22.9 Å². The second kappa shape index (κ2) is 4.99. The van der Waals surface area contributed by atoms with Crippen LogP contribution in [0.4, 0.5) is 0 Å². The lowest BCUT2D eigenvalue weighted by molar-refractivity contribution is -0.137. The molecular weight excluding hydrogens is 232 g/mol. The van der Waals surface area contributed by atoms with Crippen LogP contribution < -0.4 is 0 Å². The van der Waals surface area contributed by atoms with Crippen LogP contribution in [0, 0.1) is 6.92 Å². The Morgan fingerprint density at radius 2 is 2.06 bits per heavy atom. The first kappa shape index (κ1) is 12.5. The molecule has 0 fully saturated rings. The SMILES string of the molecule is CCOC(=O)C(=O)c1c(C)ccc(Cl)c1O. The zero-order valence-corrected chi connectivity index (χ0v) is 9.67. The molecule has 0 aliphatic rings. The molecule has 0 bridgehead atoms. The first-order valence-corrected chi connectivity index (χ1v) is 5.06. The Hall–Kier alpha value is -1.55. The van der Waals surface area contributed by atoms with Crippen molar-refractivity contribution < 1.29 is 19.4 Å². The molecule has 0 aliphatic carbocycles. The molecule has 0 heterocycles. The second-order valence-corrected chi connectivity index (χ2v) is 3.54. The molecule has 0 unspecified atom stereocenters. The van der Waals surface area contributed by atoms with Crippen LogP contribution in [0.15, 0.2) is 12.1 Å². The number of phenolic OH excluding ortho intramolecular Hbond substituents is 1. The number of carbonyl (C=O) groups excluding carboxylic acids is 2. The first-order valence-electron chi connectivity index (χ1n) is 4.68. The molecule has 4 nitrogen and oxygen atoms in total. The second-order valence-electron chi connectivity index (χ2n) is 3.14. The van der Waals surface area contributed by atoms with Crippen molar-refractivity contribution in [2.75, 3.05) is 6.61 Å². The van der Waals surface area contributed by atoms with E-state index in [0.29, 0.717) is 5.56 Å². The number of ether oxygens (including phenoxy) is 1. The number of Topliss-reactive ketones (excluding diaryl/α,β-unsaturated/α-hetero) is 1. The van der Waals surface area contributed by atoms with Gasteiger partial charge in [0.05, 0.1) is 17.2 Å². The van der Waals surface area contributed by atoms with Crippen molar-refractivity contribution in [3.8, 4) is 5.75 Å². The van der Waals surface area contributed by atoms with E-state index in [1.807, 2.05) is 0 Å². The summed E-state index contributed by atoms with van der Waals surface area (Å²) in [6.07, 6.45) is 0. The highest BCUT2D eigenvalue weighted by atomic mass is 35.5. The number of phenols is 1. The highest BCUT2D eigenvalue weighted by Crippen LogP contribution is 2.30.